The van der Waals surface area contributed by atoms with Crippen molar-refractivity contribution in [3.8, 4) is 0 Å². The fourth-order valence-electron chi connectivity index (χ4n) is 1.97. The molecule has 0 unspecified atom stereocenters. The predicted octanol–water partition coefficient (Wildman–Crippen LogP) is 3.18. The summed E-state index contributed by atoms with van der Waals surface area (Å²) in [5.74, 6) is -0.116. The summed E-state index contributed by atoms with van der Waals surface area (Å²) in [4.78, 5) is 12.2. The van der Waals surface area contributed by atoms with Gasteiger partial charge >= 0.3 is 0 Å². The van der Waals surface area contributed by atoms with Gasteiger partial charge in [-0.15, -0.1) is 0 Å². The van der Waals surface area contributed by atoms with Crippen LogP contribution in [0.1, 0.15) is 27.3 Å². The van der Waals surface area contributed by atoms with Gasteiger partial charge in [0.15, 0.2) is 0 Å². The first kappa shape index (κ1) is 13.8. The minimum absolute atomic E-state index is 0.116. The van der Waals surface area contributed by atoms with Crippen LogP contribution in [0.5, 0.6) is 0 Å². The molecule has 0 saturated carbocycles. The number of nitrogens with zero attached hydrogens (tertiary/aromatic N) is 2. The Balaban J connectivity index is 2.20. The number of aromatic nitrogens is 2. The molecule has 2 aromatic rings. The average molecular weight is 322 g/mol. The van der Waals surface area contributed by atoms with Crippen molar-refractivity contribution in [3.63, 3.8) is 0 Å². The van der Waals surface area contributed by atoms with Gasteiger partial charge in [-0.25, -0.2) is 0 Å². The van der Waals surface area contributed by atoms with Crippen LogP contribution in [0.3, 0.4) is 0 Å². The summed E-state index contributed by atoms with van der Waals surface area (Å²) >= 11 is 3.39. The first-order chi connectivity index (χ1) is 9.02. The molecule has 0 atom stereocenters. The number of hydrogen-bond donors (Lipinski definition) is 1. The van der Waals surface area contributed by atoms with Gasteiger partial charge in [0.05, 0.1) is 11.3 Å². The second-order valence-corrected chi connectivity index (χ2v) is 5.01. The van der Waals surface area contributed by atoms with Gasteiger partial charge in [-0.05, 0) is 31.5 Å². The van der Waals surface area contributed by atoms with E-state index in [1.54, 1.807) is 4.68 Å². The zero-order valence-corrected chi connectivity index (χ0v) is 12.8. The van der Waals surface area contributed by atoms with Gasteiger partial charge in [0.25, 0.3) is 5.91 Å². The Hall–Kier alpha value is -1.62. The summed E-state index contributed by atoms with van der Waals surface area (Å²) in [7, 11) is 1.84. The van der Waals surface area contributed by atoms with E-state index in [9.17, 15) is 4.79 Å². The maximum absolute atomic E-state index is 12.2. The third kappa shape index (κ3) is 2.87. The van der Waals surface area contributed by atoms with Gasteiger partial charge in [0, 0.05) is 23.8 Å². The van der Waals surface area contributed by atoms with Crippen LogP contribution in [0.4, 0.5) is 5.69 Å². The van der Waals surface area contributed by atoms with Crippen LogP contribution < -0.4 is 5.32 Å². The maximum atomic E-state index is 12.2. The SMILES string of the molecule is Cc1nn(C)c(C)c1C(=O)Nc1ccc(CBr)cc1. The molecule has 19 heavy (non-hydrogen) atoms. The first-order valence-corrected chi connectivity index (χ1v) is 7.11. The number of aryl methyl sites for hydroxylation is 2. The molecule has 1 aromatic heterocycles. The van der Waals surface area contributed by atoms with Gasteiger partial charge in [-0.1, -0.05) is 28.1 Å². The molecular weight excluding hydrogens is 306 g/mol. The Morgan fingerprint density at radius 3 is 2.42 bits per heavy atom. The summed E-state index contributed by atoms with van der Waals surface area (Å²) in [6.07, 6.45) is 0. The van der Waals surface area contributed by atoms with Crippen LogP contribution in [0.2, 0.25) is 0 Å². The van der Waals surface area contributed by atoms with Crippen molar-refractivity contribution in [2.45, 2.75) is 19.2 Å². The Morgan fingerprint density at radius 1 is 1.32 bits per heavy atom. The number of hydrogen-bond acceptors (Lipinski definition) is 2. The van der Waals surface area contributed by atoms with Crippen LogP contribution >= 0.6 is 15.9 Å². The quantitative estimate of drug-likeness (QED) is 0.882. The standard InChI is InChI=1S/C14H16BrN3O/c1-9-13(10(2)18(3)17-9)14(19)16-12-6-4-11(8-15)5-7-12/h4-7H,8H2,1-3H3,(H,16,19). The highest BCUT2D eigenvalue weighted by Gasteiger charge is 2.17. The molecule has 0 radical (unpaired) electrons. The lowest BCUT2D eigenvalue weighted by molar-refractivity contribution is 0.102. The fraction of sp³-hybridized carbons (Fsp3) is 0.286. The van der Waals surface area contributed by atoms with E-state index >= 15 is 0 Å². The van der Waals surface area contributed by atoms with Crippen LogP contribution in [0.15, 0.2) is 24.3 Å². The van der Waals surface area contributed by atoms with Gasteiger partial charge in [0.1, 0.15) is 0 Å². The second-order valence-electron chi connectivity index (χ2n) is 4.45. The van der Waals surface area contributed by atoms with E-state index in [1.165, 1.54) is 5.56 Å². The van der Waals surface area contributed by atoms with E-state index in [2.05, 4.69) is 26.3 Å². The van der Waals surface area contributed by atoms with Crippen molar-refractivity contribution < 1.29 is 4.79 Å². The zero-order valence-electron chi connectivity index (χ0n) is 11.2. The van der Waals surface area contributed by atoms with Crippen molar-refractivity contribution in [2.75, 3.05) is 5.32 Å². The molecular formula is C14H16BrN3O. The molecule has 0 spiro atoms. The third-order valence-corrected chi connectivity index (χ3v) is 3.75. The molecule has 0 aliphatic heterocycles. The molecule has 1 heterocycles. The normalized spacial score (nSPS) is 10.5. The topological polar surface area (TPSA) is 46.9 Å². The number of anilines is 1. The molecule has 0 aliphatic rings. The molecule has 1 amide bonds. The smallest absolute Gasteiger partial charge is 0.259 e. The van der Waals surface area contributed by atoms with E-state index < -0.39 is 0 Å². The van der Waals surface area contributed by atoms with E-state index in [0.29, 0.717) is 5.56 Å². The summed E-state index contributed by atoms with van der Waals surface area (Å²) in [6.45, 7) is 3.73. The highest BCUT2D eigenvalue weighted by molar-refractivity contribution is 9.08. The van der Waals surface area contributed by atoms with Gasteiger partial charge in [-0.3, -0.25) is 9.48 Å². The Bertz CT molecular complexity index is 602. The highest BCUT2D eigenvalue weighted by Crippen LogP contribution is 2.16. The number of halogens is 1. The molecule has 0 saturated heterocycles. The van der Waals surface area contributed by atoms with Crippen molar-refractivity contribution in [3.05, 3.63) is 46.8 Å². The van der Waals surface area contributed by atoms with E-state index in [4.69, 9.17) is 0 Å². The van der Waals surface area contributed by atoms with E-state index in [-0.39, 0.29) is 5.91 Å². The van der Waals surface area contributed by atoms with Crippen molar-refractivity contribution in [1.29, 1.82) is 0 Å². The molecule has 0 fully saturated rings. The Morgan fingerprint density at radius 2 is 1.95 bits per heavy atom. The summed E-state index contributed by atoms with van der Waals surface area (Å²) in [5, 5.41) is 7.95. The van der Waals surface area contributed by atoms with Crippen molar-refractivity contribution >= 4 is 27.5 Å². The number of carbonyl (C=O) groups excluding carboxylic acids is 1. The maximum Gasteiger partial charge on any atom is 0.259 e. The molecule has 0 aliphatic carbocycles. The number of alkyl halides is 1. The summed E-state index contributed by atoms with van der Waals surface area (Å²) in [5.41, 5.74) is 4.22. The zero-order chi connectivity index (χ0) is 14.0. The van der Waals surface area contributed by atoms with Crippen LogP contribution in [0.25, 0.3) is 0 Å². The minimum Gasteiger partial charge on any atom is -0.322 e. The summed E-state index contributed by atoms with van der Waals surface area (Å²) < 4.78 is 1.72. The molecule has 1 aromatic carbocycles. The Kier molecular flexibility index (Phi) is 4.04. The largest absolute Gasteiger partial charge is 0.322 e. The van der Waals surface area contributed by atoms with Crippen LogP contribution in [0, 0.1) is 13.8 Å². The molecule has 100 valence electrons. The highest BCUT2D eigenvalue weighted by atomic mass is 79.9. The lowest BCUT2D eigenvalue weighted by Gasteiger charge is -2.06. The monoisotopic (exact) mass is 321 g/mol. The molecule has 0 bridgehead atoms. The van der Waals surface area contributed by atoms with Crippen LogP contribution in [-0.2, 0) is 12.4 Å². The number of benzene rings is 1. The number of rotatable bonds is 3. The lowest BCUT2D eigenvalue weighted by atomic mass is 10.1. The second kappa shape index (κ2) is 5.57. The molecule has 2 rings (SSSR count). The average Bonchev–Trinajstić information content (AvgIpc) is 2.64. The Labute approximate surface area is 120 Å². The van der Waals surface area contributed by atoms with Crippen LogP contribution in [-0.4, -0.2) is 15.7 Å². The first-order valence-electron chi connectivity index (χ1n) is 5.99. The van der Waals surface area contributed by atoms with Crippen molar-refractivity contribution in [1.82, 2.24) is 9.78 Å². The minimum atomic E-state index is -0.116. The predicted molar refractivity (Wildman–Crippen MR) is 79.7 cm³/mol. The summed E-state index contributed by atoms with van der Waals surface area (Å²) in [6, 6.07) is 7.76. The van der Waals surface area contributed by atoms with Crippen molar-refractivity contribution in [2.24, 2.45) is 7.05 Å². The van der Waals surface area contributed by atoms with Gasteiger partial charge < -0.3 is 5.32 Å². The number of amides is 1. The fourth-order valence-corrected chi connectivity index (χ4v) is 2.35. The number of carbonyl (C=O) groups is 1. The molecule has 4 nitrogen and oxygen atoms in total. The lowest BCUT2D eigenvalue weighted by Crippen LogP contribution is -2.14. The van der Waals surface area contributed by atoms with E-state index in [0.717, 1.165) is 22.4 Å². The van der Waals surface area contributed by atoms with Gasteiger partial charge in [0.2, 0.25) is 0 Å². The van der Waals surface area contributed by atoms with E-state index in [1.807, 2.05) is 45.2 Å². The third-order valence-electron chi connectivity index (χ3n) is 3.10. The molecule has 1 N–H and O–H groups in total. The molecule has 5 heteroatoms. The van der Waals surface area contributed by atoms with Gasteiger partial charge in [-0.2, -0.15) is 5.10 Å². The number of nitrogens with one attached hydrogen (secondary N) is 1.